The average molecular weight is 242 g/mol. The highest BCUT2D eigenvalue weighted by Crippen LogP contribution is 2.14. The summed E-state index contributed by atoms with van der Waals surface area (Å²) in [5.41, 5.74) is 0. The third kappa shape index (κ3) is 5.75. The minimum atomic E-state index is 0.0207. The molecule has 0 radical (unpaired) electrons. The molecule has 0 aliphatic carbocycles. The Balaban J connectivity index is 0.000000302. The molecular formula is C13H22O4. The van der Waals surface area contributed by atoms with E-state index in [1.807, 2.05) is 26.0 Å². The van der Waals surface area contributed by atoms with Gasteiger partial charge in [0.25, 0.3) is 0 Å². The van der Waals surface area contributed by atoms with Crippen molar-refractivity contribution in [2.24, 2.45) is 0 Å². The third-order valence-electron chi connectivity index (χ3n) is 2.34. The molecular weight excluding hydrogens is 220 g/mol. The van der Waals surface area contributed by atoms with Crippen molar-refractivity contribution in [2.75, 3.05) is 26.4 Å². The summed E-state index contributed by atoms with van der Waals surface area (Å²) in [7, 11) is 0. The smallest absolute Gasteiger partial charge is 0.160 e. The van der Waals surface area contributed by atoms with E-state index in [0.29, 0.717) is 13.2 Å². The molecule has 2 saturated heterocycles. The lowest BCUT2D eigenvalue weighted by Gasteiger charge is -2.16. The van der Waals surface area contributed by atoms with Crippen LogP contribution in [0.15, 0.2) is 24.7 Å². The summed E-state index contributed by atoms with van der Waals surface area (Å²) in [6.45, 7) is 7.04. The summed E-state index contributed by atoms with van der Waals surface area (Å²) in [5.74, 6) is 0. The highest BCUT2D eigenvalue weighted by molar-refractivity contribution is 4.82. The Hall–Kier alpha value is -1.00. The quantitative estimate of drug-likeness (QED) is 0.709. The molecule has 0 saturated carbocycles. The maximum atomic E-state index is 5.40. The predicted octanol–water partition coefficient (Wildman–Crippen LogP) is 2.26. The predicted molar refractivity (Wildman–Crippen MR) is 65.6 cm³/mol. The molecule has 0 amide bonds. The Morgan fingerprint density at radius 1 is 0.882 bits per heavy atom. The van der Waals surface area contributed by atoms with Crippen LogP contribution in [0.2, 0.25) is 0 Å². The number of rotatable bonds is 4. The molecule has 2 fully saturated rings. The summed E-state index contributed by atoms with van der Waals surface area (Å²) in [4.78, 5) is 0. The van der Waals surface area contributed by atoms with E-state index in [4.69, 9.17) is 18.9 Å². The first-order valence-corrected chi connectivity index (χ1v) is 6.07. The number of allylic oxidation sites excluding steroid dienone is 2. The van der Waals surface area contributed by atoms with Gasteiger partial charge in [-0.05, 0) is 20.3 Å². The Bertz CT molecular complexity index is 210. The molecule has 0 N–H and O–H groups in total. The van der Waals surface area contributed by atoms with Crippen LogP contribution in [0.1, 0.15) is 20.3 Å². The third-order valence-corrected chi connectivity index (χ3v) is 2.34. The lowest BCUT2D eigenvalue weighted by Crippen LogP contribution is -2.26. The first kappa shape index (κ1) is 14.1. The van der Waals surface area contributed by atoms with Crippen LogP contribution in [0.25, 0.3) is 0 Å². The highest BCUT2D eigenvalue weighted by atomic mass is 16.6. The second-order valence-corrected chi connectivity index (χ2v) is 3.79. The zero-order valence-electron chi connectivity index (χ0n) is 10.6. The van der Waals surface area contributed by atoms with Crippen LogP contribution in [0, 0.1) is 0 Å². The van der Waals surface area contributed by atoms with Crippen molar-refractivity contribution in [3.63, 3.8) is 0 Å². The maximum Gasteiger partial charge on any atom is 0.160 e. The fourth-order valence-electron chi connectivity index (χ4n) is 1.27. The van der Waals surface area contributed by atoms with Gasteiger partial charge in [-0.3, -0.25) is 0 Å². The molecule has 2 heterocycles. The van der Waals surface area contributed by atoms with Gasteiger partial charge in [0.05, 0.1) is 25.7 Å². The summed E-state index contributed by atoms with van der Waals surface area (Å²) in [6, 6.07) is 0. The highest BCUT2D eigenvalue weighted by Gasteiger charge is 2.29. The van der Waals surface area contributed by atoms with E-state index < -0.39 is 0 Å². The second kappa shape index (κ2) is 9.07. The van der Waals surface area contributed by atoms with E-state index in [0.717, 1.165) is 13.2 Å². The zero-order chi connectivity index (χ0) is 12.3. The maximum absolute atomic E-state index is 5.40. The van der Waals surface area contributed by atoms with Crippen molar-refractivity contribution in [3.8, 4) is 0 Å². The van der Waals surface area contributed by atoms with Gasteiger partial charge in [0, 0.05) is 13.2 Å². The molecule has 98 valence electrons. The molecule has 0 aromatic heterocycles. The normalized spacial score (nSPS) is 27.6. The summed E-state index contributed by atoms with van der Waals surface area (Å²) in [5, 5.41) is 0. The van der Waals surface area contributed by atoms with Crippen molar-refractivity contribution in [2.45, 2.75) is 32.5 Å². The van der Waals surface area contributed by atoms with Gasteiger partial charge in [0.15, 0.2) is 12.2 Å². The Kier molecular flexibility index (Phi) is 7.51. The molecule has 2 rings (SSSR count). The minimum absolute atomic E-state index is 0.0207. The van der Waals surface area contributed by atoms with Crippen LogP contribution in [0.5, 0.6) is 0 Å². The van der Waals surface area contributed by atoms with Crippen LogP contribution in [0.4, 0.5) is 0 Å². The molecule has 2 aliphatic rings. The fraction of sp³-hybridized carbons (Fsp3) is 0.692. The molecule has 0 bridgehead atoms. The van der Waals surface area contributed by atoms with Gasteiger partial charge in [0.2, 0.25) is 0 Å². The van der Waals surface area contributed by atoms with E-state index >= 15 is 0 Å². The van der Waals surface area contributed by atoms with E-state index in [2.05, 4.69) is 0 Å². The molecule has 0 aromatic carbocycles. The van der Waals surface area contributed by atoms with Gasteiger partial charge in [-0.25, -0.2) is 0 Å². The molecule has 4 nitrogen and oxygen atoms in total. The molecule has 2 atom stereocenters. The van der Waals surface area contributed by atoms with E-state index in [-0.39, 0.29) is 12.2 Å². The average Bonchev–Trinajstić information content (AvgIpc) is 2.68. The molecule has 4 heteroatoms. The van der Waals surface area contributed by atoms with Crippen molar-refractivity contribution in [1.82, 2.24) is 0 Å². The van der Waals surface area contributed by atoms with Gasteiger partial charge >= 0.3 is 0 Å². The van der Waals surface area contributed by atoms with Crippen molar-refractivity contribution in [3.05, 3.63) is 24.7 Å². The second-order valence-electron chi connectivity index (χ2n) is 3.79. The summed E-state index contributed by atoms with van der Waals surface area (Å²) >= 11 is 0. The number of ether oxygens (including phenoxy) is 4. The molecule has 0 spiro atoms. The van der Waals surface area contributed by atoms with Crippen LogP contribution in [-0.4, -0.2) is 38.6 Å². The SMILES string of the molecule is C1COC1.CC=COC1COCC1OC=CC. The molecule has 0 aromatic rings. The number of hydrogen-bond acceptors (Lipinski definition) is 4. The monoisotopic (exact) mass is 242 g/mol. The minimum Gasteiger partial charge on any atom is -0.492 e. The van der Waals surface area contributed by atoms with E-state index in [1.54, 1.807) is 12.5 Å². The van der Waals surface area contributed by atoms with Crippen LogP contribution in [-0.2, 0) is 18.9 Å². The van der Waals surface area contributed by atoms with Gasteiger partial charge in [-0.15, -0.1) is 0 Å². The lowest BCUT2D eigenvalue weighted by molar-refractivity contribution is 0.0332. The van der Waals surface area contributed by atoms with Crippen LogP contribution in [0.3, 0.4) is 0 Å². The standard InChI is InChI=1S/C10H16O3.C3H6O/c1-3-5-12-9-7-11-8-10(9)13-6-4-2;1-2-4-3-1/h3-6,9-10H,7-8H2,1-2H3;1-3H2. The Morgan fingerprint density at radius 2 is 1.29 bits per heavy atom. The summed E-state index contributed by atoms with van der Waals surface area (Å²) < 4.78 is 20.8. The Morgan fingerprint density at radius 3 is 1.59 bits per heavy atom. The van der Waals surface area contributed by atoms with Crippen LogP contribution >= 0.6 is 0 Å². The molecule has 17 heavy (non-hydrogen) atoms. The van der Waals surface area contributed by atoms with Crippen LogP contribution < -0.4 is 0 Å². The first-order valence-electron chi connectivity index (χ1n) is 6.07. The van der Waals surface area contributed by atoms with Crippen molar-refractivity contribution < 1.29 is 18.9 Å². The zero-order valence-corrected chi connectivity index (χ0v) is 10.6. The van der Waals surface area contributed by atoms with Crippen molar-refractivity contribution in [1.29, 1.82) is 0 Å². The summed E-state index contributed by atoms with van der Waals surface area (Å²) in [6.07, 6.45) is 8.37. The first-order chi connectivity index (χ1) is 8.38. The van der Waals surface area contributed by atoms with E-state index in [1.165, 1.54) is 6.42 Å². The molecule has 2 unspecified atom stereocenters. The van der Waals surface area contributed by atoms with Gasteiger partial charge in [-0.2, -0.15) is 0 Å². The van der Waals surface area contributed by atoms with Crippen molar-refractivity contribution >= 4 is 0 Å². The lowest BCUT2D eigenvalue weighted by atomic mass is 10.2. The van der Waals surface area contributed by atoms with Gasteiger partial charge in [-0.1, -0.05) is 12.2 Å². The van der Waals surface area contributed by atoms with Gasteiger partial charge in [0.1, 0.15) is 0 Å². The fourth-order valence-corrected chi connectivity index (χ4v) is 1.27. The molecule has 2 aliphatic heterocycles. The largest absolute Gasteiger partial charge is 0.492 e. The Labute approximate surface area is 103 Å². The van der Waals surface area contributed by atoms with Gasteiger partial charge < -0.3 is 18.9 Å². The van der Waals surface area contributed by atoms with E-state index in [9.17, 15) is 0 Å². The number of hydrogen-bond donors (Lipinski definition) is 0. The topological polar surface area (TPSA) is 36.9 Å².